The summed E-state index contributed by atoms with van der Waals surface area (Å²) < 4.78 is 77.0. The highest BCUT2D eigenvalue weighted by Crippen LogP contribution is 2.34. The Morgan fingerprint density at radius 1 is 0.955 bits per heavy atom. The van der Waals surface area contributed by atoms with E-state index in [0.717, 1.165) is 6.07 Å². The summed E-state index contributed by atoms with van der Waals surface area (Å²) in [5.41, 5.74) is -2.78. The molecule has 0 fully saturated rings. The quantitative estimate of drug-likeness (QED) is 0.654. The summed E-state index contributed by atoms with van der Waals surface area (Å²) in [6.45, 7) is 0. The maximum Gasteiger partial charge on any atom is 0.416 e. The third-order valence-electron chi connectivity index (χ3n) is 2.87. The molecule has 0 spiro atoms. The van der Waals surface area contributed by atoms with Crippen LogP contribution >= 0.6 is 0 Å². The highest BCUT2D eigenvalue weighted by molar-refractivity contribution is 5.96. The molecule has 2 rings (SSSR count). The van der Waals surface area contributed by atoms with Crippen LogP contribution in [-0.2, 0) is 6.18 Å². The van der Waals surface area contributed by atoms with Crippen LogP contribution < -0.4 is 0 Å². The third kappa shape index (κ3) is 2.90. The van der Waals surface area contributed by atoms with Crippen LogP contribution in [0.15, 0.2) is 30.3 Å². The smallest absolute Gasteiger partial charge is 0.416 e. The second kappa shape index (κ2) is 5.36. The number of hydrogen-bond donors (Lipinski definition) is 1. The van der Waals surface area contributed by atoms with Crippen molar-refractivity contribution < 1.29 is 36.2 Å². The highest BCUT2D eigenvalue weighted by Gasteiger charge is 2.32. The van der Waals surface area contributed by atoms with E-state index in [9.17, 15) is 31.1 Å². The van der Waals surface area contributed by atoms with Gasteiger partial charge in [-0.2, -0.15) is 13.2 Å². The van der Waals surface area contributed by atoms with E-state index in [1.165, 1.54) is 0 Å². The number of carbonyl (C=O) groups is 1. The molecule has 0 bridgehead atoms. The molecular formula is C14H6F6O2. The number of halogens is 6. The molecule has 2 nitrogen and oxygen atoms in total. The molecule has 0 unspecified atom stereocenters. The molecule has 1 N–H and O–H groups in total. The van der Waals surface area contributed by atoms with Gasteiger partial charge in [-0.05, 0) is 35.4 Å². The molecule has 116 valence electrons. The minimum Gasteiger partial charge on any atom is -0.478 e. The molecule has 0 saturated heterocycles. The lowest BCUT2D eigenvalue weighted by Crippen LogP contribution is -2.08. The topological polar surface area (TPSA) is 37.3 Å². The van der Waals surface area contributed by atoms with Crippen molar-refractivity contribution in [1.82, 2.24) is 0 Å². The van der Waals surface area contributed by atoms with Gasteiger partial charge in [0, 0.05) is 0 Å². The van der Waals surface area contributed by atoms with Crippen LogP contribution in [0.1, 0.15) is 15.9 Å². The summed E-state index contributed by atoms with van der Waals surface area (Å²) in [6.07, 6.45) is -4.78. The van der Waals surface area contributed by atoms with E-state index in [0.29, 0.717) is 24.3 Å². The molecule has 0 amide bonds. The van der Waals surface area contributed by atoms with E-state index >= 15 is 0 Å². The van der Waals surface area contributed by atoms with Crippen LogP contribution in [-0.4, -0.2) is 11.1 Å². The number of alkyl halides is 3. The molecule has 2 aromatic rings. The molecule has 0 atom stereocenters. The first-order chi connectivity index (χ1) is 10.1. The van der Waals surface area contributed by atoms with Gasteiger partial charge in [0.2, 0.25) is 0 Å². The fraction of sp³-hybridized carbons (Fsp3) is 0.0714. The van der Waals surface area contributed by atoms with E-state index in [-0.39, 0.29) is 11.1 Å². The van der Waals surface area contributed by atoms with Crippen molar-refractivity contribution in [3.63, 3.8) is 0 Å². The first-order valence-electron chi connectivity index (χ1n) is 5.70. The lowest BCUT2D eigenvalue weighted by atomic mass is 9.97. The van der Waals surface area contributed by atoms with Crippen molar-refractivity contribution in [3.8, 4) is 11.1 Å². The van der Waals surface area contributed by atoms with Gasteiger partial charge in [0.15, 0.2) is 17.5 Å². The fourth-order valence-corrected chi connectivity index (χ4v) is 1.86. The zero-order valence-electron chi connectivity index (χ0n) is 10.5. The van der Waals surface area contributed by atoms with E-state index < -0.39 is 40.7 Å². The third-order valence-corrected chi connectivity index (χ3v) is 2.87. The molecule has 2 aromatic carbocycles. The molecule has 22 heavy (non-hydrogen) atoms. The largest absolute Gasteiger partial charge is 0.478 e. The number of carboxylic acids is 1. The second-order valence-corrected chi connectivity index (χ2v) is 4.32. The maximum atomic E-state index is 13.2. The molecule has 0 aliphatic heterocycles. The van der Waals surface area contributed by atoms with Crippen LogP contribution in [0.5, 0.6) is 0 Å². The SMILES string of the molecule is O=C(O)c1cc(C(F)(F)F)ccc1-c1cc(F)c(F)c(F)c1. The normalized spacial score (nSPS) is 11.5. The molecule has 0 heterocycles. The Morgan fingerprint density at radius 2 is 1.50 bits per heavy atom. The Bertz CT molecular complexity index is 728. The van der Waals surface area contributed by atoms with Gasteiger partial charge in [-0.15, -0.1) is 0 Å². The lowest BCUT2D eigenvalue weighted by molar-refractivity contribution is -0.137. The Labute approximate surface area is 119 Å². The van der Waals surface area contributed by atoms with Gasteiger partial charge in [-0.3, -0.25) is 0 Å². The van der Waals surface area contributed by atoms with Crippen molar-refractivity contribution in [2.75, 3.05) is 0 Å². The average Bonchev–Trinajstić information content (AvgIpc) is 2.42. The molecule has 0 aliphatic rings. The number of hydrogen-bond acceptors (Lipinski definition) is 1. The van der Waals surface area contributed by atoms with Crippen molar-refractivity contribution in [2.45, 2.75) is 6.18 Å². The Balaban J connectivity index is 2.68. The molecule has 8 heteroatoms. The molecule has 0 aromatic heterocycles. The standard InChI is InChI=1S/C14H6F6O2/c15-10-3-6(4-11(16)12(10)17)8-2-1-7(14(18,19)20)5-9(8)13(21)22/h1-5H,(H,21,22). The Kier molecular flexibility index (Phi) is 3.87. The predicted molar refractivity (Wildman–Crippen MR) is 63.7 cm³/mol. The Hall–Kier alpha value is -2.51. The minimum atomic E-state index is -4.78. The first kappa shape index (κ1) is 15.9. The van der Waals surface area contributed by atoms with Gasteiger partial charge >= 0.3 is 12.1 Å². The van der Waals surface area contributed by atoms with Gasteiger partial charge in [-0.1, -0.05) is 6.07 Å². The number of benzene rings is 2. The van der Waals surface area contributed by atoms with Gasteiger partial charge in [-0.25, -0.2) is 18.0 Å². The van der Waals surface area contributed by atoms with Crippen LogP contribution in [0.2, 0.25) is 0 Å². The van der Waals surface area contributed by atoms with Crippen LogP contribution in [0.25, 0.3) is 11.1 Å². The molecule has 0 radical (unpaired) electrons. The number of carboxylic acid groups (broad SMARTS) is 1. The van der Waals surface area contributed by atoms with Gasteiger partial charge in [0.05, 0.1) is 11.1 Å². The lowest BCUT2D eigenvalue weighted by Gasteiger charge is -2.12. The molecule has 0 saturated carbocycles. The fourth-order valence-electron chi connectivity index (χ4n) is 1.86. The van der Waals surface area contributed by atoms with Crippen molar-refractivity contribution in [2.24, 2.45) is 0 Å². The molecular weight excluding hydrogens is 314 g/mol. The average molecular weight is 320 g/mol. The van der Waals surface area contributed by atoms with E-state index in [1.807, 2.05) is 0 Å². The van der Waals surface area contributed by atoms with Crippen LogP contribution in [0, 0.1) is 17.5 Å². The minimum absolute atomic E-state index is 0.344. The number of rotatable bonds is 2. The second-order valence-electron chi connectivity index (χ2n) is 4.32. The summed E-state index contributed by atoms with van der Waals surface area (Å²) >= 11 is 0. The first-order valence-corrected chi connectivity index (χ1v) is 5.70. The highest BCUT2D eigenvalue weighted by atomic mass is 19.4. The predicted octanol–water partition coefficient (Wildman–Crippen LogP) is 4.49. The van der Waals surface area contributed by atoms with Crippen molar-refractivity contribution in [3.05, 3.63) is 58.9 Å². The van der Waals surface area contributed by atoms with Gasteiger partial charge < -0.3 is 5.11 Å². The monoisotopic (exact) mass is 320 g/mol. The van der Waals surface area contributed by atoms with Crippen molar-refractivity contribution in [1.29, 1.82) is 0 Å². The zero-order chi connectivity index (χ0) is 16.7. The van der Waals surface area contributed by atoms with Gasteiger partial charge in [0.1, 0.15) is 0 Å². The van der Waals surface area contributed by atoms with Crippen molar-refractivity contribution >= 4 is 5.97 Å². The Morgan fingerprint density at radius 3 is 1.95 bits per heavy atom. The van der Waals surface area contributed by atoms with Gasteiger partial charge in [0.25, 0.3) is 0 Å². The summed E-state index contributed by atoms with van der Waals surface area (Å²) in [4.78, 5) is 11.1. The maximum absolute atomic E-state index is 13.2. The van der Waals surface area contributed by atoms with Crippen LogP contribution in [0.3, 0.4) is 0 Å². The summed E-state index contributed by atoms with van der Waals surface area (Å²) in [7, 11) is 0. The summed E-state index contributed by atoms with van der Waals surface area (Å²) in [6, 6.07) is 2.69. The number of aromatic carboxylic acids is 1. The zero-order valence-corrected chi connectivity index (χ0v) is 10.5. The summed E-state index contributed by atoms with van der Waals surface area (Å²) in [5, 5.41) is 8.98. The van der Waals surface area contributed by atoms with E-state index in [4.69, 9.17) is 5.11 Å². The van der Waals surface area contributed by atoms with E-state index in [2.05, 4.69) is 0 Å². The van der Waals surface area contributed by atoms with E-state index in [1.54, 1.807) is 0 Å². The van der Waals surface area contributed by atoms with Crippen LogP contribution in [0.4, 0.5) is 26.3 Å². The summed E-state index contributed by atoms with van der Waals surface area (Å²) in [5.74, 6) is -6.63. The molecule has 0 aliphatic carbocycles.